The van der Waals surface area contributed by atoms with Crippen molar-refractivity contribution in [3.05, 3.63) is 11.9 Å². The van der Waals surface area contributed by atoms with Crippen molar-refractivity contribution in [2.75, 3.05) is 11.9 Å². The molecule has 1 aromatic rings. The van der Waals surface area contributed by atoms with Crippen molar-refractivity contribution in [1.29, 1.82) is 0 Å². The predicted molar refractivity (Wildman–Crippen MR) is 69.8 cm³/mol. The Labute approximate surface area is 99.3 Å². The number of rotatable bonds is 7. The van der Waals surface area contributed by atoms with Gasteiger partial charge < -0.3 is 9.88 Å². The second kappa shape index (κ2) is 6.56. The van der Waals surface area contributed by atoms with E-state index in [1.165, 1.54) is 19.3 Å². The number of unbranched alkanes of at least 4 members (excludes halogenated alkanes) is 1. The molecule has 0 aliphatic heterocycles. The molecular weight excluding hydrogens is 198 g/mol. The molecular formula is C13H25N3. The number of aromatic nitrogens is 2. The van der Waals surface area contributed by atoms with Crippen LogP contribution in [0.1, 0.15) is 45.7 Å². The molecule has 1 N–H and O–H groups in total. The smallest absolute Gasteiger partial charge is 0.203 e. The maximum absolute atomic E-state index is 4.51. The van der Waals surface area contributed by atoms with Crippen molar-refractivity contribution in [3.63, 3.8) is 0 Å². The van der Waals surface area contributed by atoms with Crippen LogP contribution in [0.25, 0.3) is 0 Å². The molecule has 0 radical (unpaired) electrons. The van der Waals surface area contributed by atoms with Gasteiger partial charge >= 0.3 is 0 Å². The summed E-state index contributed by atoms with van der Waals surface area (Å²) in [4.78, 5) is 4.51. The molecule has 0 aliphatic rings. The summed E-state index contributed by atoms with van der Waals surface area (Å²) in [6, 6.07) is 0. The highest BCUT2D eigenvalue weighted by Crippen LogP contribution is 2.10. The van der Waals surface area contributed by atoms with Gasteiger partial charge in [-0.2, -0.15) is 0 Å². The number of nitrogens with one attached hydrogen (secondary N) is 1. The van der Waals surface area contributed by atoms with Crippen molar-refractivity contribution in [2.24, 2.45) is 5.92 Å². The molecule has 16 heavy (non-hydrogen) atoms. The summed E-state index contributed by atoms with van der Waals surface area (Å²) in [5.74, 6) is 1.78. The molecule has 0 saturated heterocycles. The number of nitrogens with zero attached hydrogens (tertiary/aromatic N) is 2. The van der Waals surface area contributed by atoms with Crippen LogP contribution in [0, 0.1) is 12.8 Å². The Hall–Kier alpha value is -0.990. The van der Waals surface area contributed by atoms with E-state index in [1.54, 1.807) is 0 Å². The number of aryl methyl sites for hydroxylation is 2. The zero-order valence-corrected chi connectivity index (χ0v) is 11.1. The summed E-state index contributed by atoms with van der Waals surface area (Å²) >= 11 is 0. The van der Waals surface area contributed by atoms with Crippen LogP contribution < -0.4 is 5.32 Å². The van der Waals surface area contributed by atoms with Gasteiger partial charge in [0.15, 0.2) is 0 Å². The number of hydrogen-bond donors (Lipinski definition) is 1. The monoisotopic (exact) mass is 223 g/mol. The minimum absolute atomic E-state index is 0.743. The van der Waals surface area contributed by atoms with E-state index in [9.17, 15) is 0 Å². The Morgan fingerprint density at radius 2 is 2.19 bits per heavy atom. The van der Waals surface area contributed by atoms with E-state index < -0.39 is 0 Å². The fraction of sp³-hybridized carbons (Fsp3) is 0.769. The summed E-state index contributed by atoms with van der Waals surface area (Å²) < 4.78 is 2.24. The molecule has 0 aromatic carbocycles. The van der Waals surface area contributed by atoms with Crippen molar-refractivity contribution in [1.82, 2.24) is 9.55 Å². The molecule has 0 unspecified atom stereocenters. The van der Waals surface area contributed by atoms with Gasteiger partial charge in [0.2, 0.25) is 5.95 Å². The van der Waals surface area contributed by atoms with E-state index in [-0.39, 0.29) is 0 Å². The fourth-order valence-electron chi connectivity index (χ4n) is 1.66. The van der Waals surface area contributed by atoms with E-state index in [4.69, 9.17) is 0 Å². The van der Waals surface area contributed by atoms with Crippen LogP contribution in [0.5, 0.6) is 0 Å². The standard InChI is InChI=1S/C13H25N3/c1-5-6-9-16-10-12(4)15-13(16)14-8-7-11(2)3/h10-11H,5-9H2,1-4H3,(H,14,15). The predicted octanol–water partition coefficient (Wildman–Crippen LogP) is 3.45. The molecule has 3 nitrogen and oxygen atoms in total. The SMILES string of the molecule is CCCCn1cc(C)nc1NCCC(C)C. The van der Waals surface area contributed by atoms with Crippen molar-refractivity contribution in [3.8, 4) is 0 Å². The third-order valence-corrected chi connectivity index (χ3v) is 2.65. The zero-order chi connectivity index (χ0) is 12.0. The third kappa shape index (κ3) is 4.25. The van der Waals surface area contributed by atoms with Gasteiger partial charge in [-0.05, 0) is 25.7 Å². The van der Waals surface area contributed by atoms with E-state index in [2.05, 4.69) is 48.8 Å². The van der Waals surface area contributed by atoms with E-state index in [0.29, 0.717) is 0 Å². The van der Waals surface area contributed by atoms with Crippen LogP contribution in [0.3, 0.4) is 0 Å². The van der Waals surface area contributed by atoms with Crippen molar-refractivity contribution >= 4 is 5.95 Å². The number of hydrogen-bond acceptors (Lipinski definition) is 2. The Morgan fingerprint density at radius 1 is 1.44 bits per heavy atom. The summed E-state index contributed by atoms with van der Waals surface area (Å²) in [5.41, 5.74) is 1.10. The zero-order valence-electron chi connectivity index (χ0n) is 11.1. The second-order valence-corrected chi connectivity index (χ2v) is 4.86. The normalized spacial score (nSPS) is 11.1. The lowest BCUT2D eigenvalue weighted by molar-refractivity contribution is 0.597. The highest BCUT2D eigenvalue weighted by molar-refractivity contribution is 5.28. The van der Waals surface area contributed by atoms with Crippen LogP contribution in [0.2, 0.25) is 0 Å². The summed E-state index contributed by atoms with van der Waals surface area (Å²) in [7, 11) is 0. The van der Waals surface area contributed by atoms with Gasteiger partial charge in [0.1, 0.15) is 0 Å². The lowest BCUT2D eigenvalue weighted by Gasteiger charge is -2.10. The molecule has 1 aromatic heterocycles. The molecule has 0 aliphatic carbocycles. The Kier molecular flexibility index (Phi) is 5.36. The van der Waals surface area contributed by atoms with Gasteiger partial charge in [-0.15, -0.1) is 0 Å². The highest BCUT2D eigenvalue weighted by atomic mass is 15.2. The molecule has 0 amide bonds. The minimum Gasteiger partial charge on any atom is -0.356 e. The topological polar surface area (TPSA) is 29.9 Å². The quantitative estimate of drug-likeness (QED) is 0.767. The number of imidazole rings is 1. The summed E-state index contributed by atoms with van der Waals surface area (Å²) in [6.07, 6.45) is 5.77. The first kappa shape index (κ1) is 13.1. The Morgan fingerprint density at radius 3 is 2.81 bits per heavy atom. The van der Waals surface area contributed by atoms with Gasteiger partial charge in [-0.1, -0.05) is 27.2 Å². The lowest BCUT2D eigenvalue weighted by atomic mass is 10.1. The molecule has 0 saturated carbocycles. The first-order chi connectivity index (χ1) is 7.63. The van der Waals surface area contributed by atoms with Gasteiger partial charge in [-0.3, -0.25) is 0 Å². The largest absolute Gasteiger partial charge is 0.356 e. The molecule has 1 rings (SSSR count). The fourth-order valence-corrected chi connectivity index (χ4v) is 1.66. The Balaban J connectivity index is 2.49. The van der Waals surface area contributed by atoms with Crippen LogP contribution in [-0.4, -0.2) is 16.1 Å². The van der Waals surface area contributed by atoms with E-state index in [0.717, 1.165) is 30.6 Å². The third-order valence-electron chi connectivity index (χ3n) is 2.65. The van der Waals surface area contributed by atoms with Gasteiger partial charge in [0, 0.05) is 19.3 Å². The average Bonchev–Trinajstić information content (AvgIpc) is 2.55. The minimum atomic E-state index is 0.743. The number of anilines is 1. The molecule has 3 heteroatoms. The van der Waals surface area contributed by atoms with Gasteiger partial charge in [0.05, 0.1) is 5.69 Å². The highest BCUT2D eigenvalue weighted by Gasteiger charge is 2.04. The van der Waals surface area contributed by atoms with Crippen LogP contribution in [0.15, 0.2) is 6.20 Å². The molecule has 92 valence electrons. The molecule has 0 atom stereocenters. The second-order valence-electron chi connectivity index (χ2n) is 4.86. The van der Waals surface area contributed by atoms with Crippen molar-refractivity contribution < 1.29 is 0 Å². The summed E-state index contributed by atoms with van der Waals surface area (Å²) in [6.45, 7) is 10.8. The van der Waals surface area contributed by atoms with Gasteiger partial charge in [0.25, 0.3) is 0 Å². The van der Waals surface area contributed by atoms with E-state index in [1.807, 2.05) is 0 Å². The maximum Gasteiger partial charge on any atom is 0.203 e. The Bertz CT molecular complexity index is 302. The van der Waals surface area contributed by atoms with Crippen LogP contribution >= 0.6 is 0 Å². The average molecular weight is 223 g/mol. The molecule has 0 fully saturated rings. The van der Waals surface area contributed by atoms with Crippen LogP contribution in [0.4, 0.5) is 5.95 Å². The first-order valence-corrected chi connectivity index (χ1v) is 6.41. The molecule has 1 heterocycles. The molecule has 0 spiro atoms. The molecule has 0 bridgehead atoms. The maximum atomic E-state index is 4.51. The lowest BCUT2D eigenvalue weighted by Crippen LogP contribution is -2.10. The van der Waals surface area contributed by atoms with Crippen molar-refractivity contribution in [2.45, 2.75) is 53.5 Å². The van der Waals surface area contributed by atoms with Gasteiger partial charge in [-0.25, -0.2) is 4.98 Å². The van der Waals surface area contributed by atoms with E-state index >= 15 is 0 Å². The van der Waals surface area contributed by atoms with Crippen LogP contribution in [-0.2, 0) is 6.54 Å². The first-order valence-electron chi connectivity index (χ1n) is 6.41. The summed E-state index contributed by atoms with van der Waals surface area (Å²) in [5, 5.41) is 3.43.